The Morgan fingerprint density at radius 2 is 1.22 bits per heavy atom. The Morgan fingerprint density at radius 1 is 0.703 bits per heavy atom. The maximum atomic E-state index is 8.96. The van der Waals surface area contributed by atoms with E-state index in [0.717, 1.165) is 86.3 Å². The summed E-state index contributed by atoms with van der Waals surface area (Å²) in [6.07, 6.45) is 8.03. The normalized spacial score (nSPS) is 10.9. The molecule has 14 heteroatoms. The third-order valence-corrected chi connectivity index (χ3v) is 10.1. The van der Waals surface area contributed by atoms with Gasteiger partial charge in [-0.25, -0.2) is 15.0 Å². The molecule has 0 saturated heterocycles. The highest BCUT2D eigenvalue weighted by atomic mass is 35.5. The van der Waals surface area contributed by atoms with Gasteiger partial charge in [-0.3, -0.25) is 0 Å². The van der Waals surface area contributed by atoms with E-state index >= 15 is 0 Å². The maximum Gasteiger partial charge on any atom is 0.229 e. The van der Waals surface area contributed by atoms with Crippen LogP contribution in [0.5, 0.6) is 0 Å². The number of aromatic nitrogens is 4. The molecule has 4 aromatic carbocycles. The molecule has 0 bridgehead atoms. The zero-order valence-electron chi connectivity index (χ0n) is 34.6. The Balaban J connectivity index is 0.000000360. The minimum Gasteiger partial charge on any atom is -0.399 e. The summed E-state index contributed by atoms with van der Waals surface area (Å²) in [5, 5.41) is 41.5. The van der Waals surface area contributed by atoms with Crippen molar-refractivity contribution in [2.24, 2.45) is 0 Å². The summed E-state index contributed by atoms with van der Waals surface area (Å²) < 4.78 is 0. The van der Waals surface area contributed by atoms with E-state index in [1.54, 1.807) is 48.6 Å². The molecule has 64 heavy (non-hydrogen) atoms. The minimum absolute atomic E-state index is 0. The van der Waals surface area contributed by atoms with Crippen LogP contribution in [0.3, 0.4) is 0 Å². The van der Waals surface area contributed by atoms with Gasteiger partial charge < -0.3 is 21.3 Å². The van der Waals surface area contributed by atoms with Crippen LogP contribution in [0.4, 0.5) is 40.5 Å². The number of hydrogen-bond acceptors (Lipinski definition) is 12. The second-order valence-electron chi connectivity index (χ2n) is 13.9. The van der Waals surface area contributed by atoms with Gasteiger partial charge in [0.05, 0.1) is 35.4 Å². The largest absolute Gasteiger partial charge is 0.399 e. The molecule has 0 fully saturated rings. The number of halogens is 2. The highest BCUT2D eigenvalue weighted by Gasteiger charge is 2.26. The van der Waals surface area contributed by atoms with Gasteiger partial charge in [-0.2, -0.15) is 26.0 Å². The number of nitrogens with zero attached hydrogens (tertiary/aromatic N) is 9. The van der Waals surface area contributed by atoms with Crippen molar-refractivity contribution >= 4 is 75.8 Å². The molecule has 4 N–H and O–H groups in total. The van der Waals surface area contributed by atoms with E-state index in [2.05, 4.69) is 61.7 Å². The van der Waals surface area contributed by atoms with E-state index in [1.165, 1.54) is 12.2 Å². The second-order valence-corrected chi connectivity index (χ2v) is 14.6. The van der Waals surface area contributed by atoms with Gasteiger partial charge in [0.15, 0.2) is 0 Å². The summed E-state index contributed by atoms with van der Waals surface area (Å²) in [5.74, 6) is 2.36. The molecule has 0 saturated carbocycles. The van der Waals surface area contributed by atoms with Crippen molar-refractivity contribution in [3.63, 3.8) is 0 Å². The lowest BCUT2D eigenvalue weighted by Gasteiger charge is -2.22. The first-order chi connectivity index (χ1) is 30.0. The van der Waals surface area contributed by atoms with Gasteiger partial charge >= 0.3 is 0 Å². The molecule has 1 aliphatic rings. The van der Waals surface area contributed by atoms with Crippen LogP contribution >= 0.6 is 23.2 Å². The first-order valence-electron chi connectivity index (χ1n) is 19.3. The Kier molecular flexibility index (Phi) is 19.5. The predicted octanol–water partition coefficient (Wildman–Crippen LogP) is 12.4. The molecule has 0 amide bonds. The summed E-state index contributed by atoms with van der Waals surface area (Å²) in [6.45, 7) is 8.75. The topological polar surface area (TPSA) is 200 Å². The quantitative estimate of drug-likeness (QED) is 0.0537. The molecule has 0 spiro atoms. The number of nitrogen functional groups attached to an aromatic ring is 1. The number of rotatable bonds is 9. The van der Waals surface area contributed by atoms with E-state index in [1.807, 2.05) is 69.3 Å². The number of benzene rings is 4. The molecule has 0 atom stereocenters. The number of alkyl halides is 1. The lowest BCUT2D eigenvalue weighted by molar-refractivity contribution is 0.981. The van der Waals surface area contributed by atoms with Crippen LogP contribution in [0.1, 0.15) is 72.2 Å². The van der Waals surface area contributed by atoms with Crippen LogP contribution in [-0.4, -0.2) is 32.4 Å². The molecule has 0 unspecified atom stereocenters. The highest BCUT2D eigenvalue weighted by molar-refractivity contribution is 6.30. The predicted molar refractivity (Wildman–Crippen MR) is 264 cm³/mol. The molecule has 7 rings (SSSR count). The van der Waals surface area contributed by atoms with Crippen molar-refractivity contribution in [3.05, 3.63) is 158 Å². The smallest absolute Gasteiger partial charge is 0.229 e. The Bertz CT molecular complexity index is 2760. The number of hydrogen-bond donors (Lipinski definition) is 3. The van der Waals surface area contributed by atoms with Crippen LogP contribution in [-0.2, 0) is 12.8 Å². The lowest BCUT2D eigenvalue weighted by Crippen LogP contribution is -2.16. The molecule has 1 aliphatic heterocycles. The van der Waals surface area contributed by atoms with E-state index in [0.29, 0.717) is 40.5 Å². The zero-order chi connectivity index (χ0) is 44.6. The van der Waals surface area contributed by atoms with E-state index < -0.39 is 0 Å². The summed E-state index contributed by atoms with van der Waals surface area (Å²) in [5.41, 5.74) is 18.3. The van der Waals surface area contributed by atoms with Gasteiger partial charge in [-0.05, 0) is 148 Å². The van der Waals surface area contributed by atoms with Crippen molar-refractivity contribution in [2.75, 3.05) is 33.7 Å². The van der Waals surface area contributed by atoms with Crippen LogP contribution in [0.2, 0.25) is 5.15 Å². The fourth-order valence-electron chi connectivity index (χ4n) is 6.38. The summed E-state index contributed by atoms with van der Waals surface area (Å²) in [6, 6.07) is 34.2. The van der Waals surface area contributed by atoms with Crippen LogP contribution in [0, 0.1) is 73.0 Å². The third-order valence-electron chi connectivity index (χ3n) is 9.59. The van der Waals surface area contributed by atoms with Gasteiger partial charge in [0.2, 0.25) is 11.9 Å². The number of allylic oxidation sites excluding steroid dienone is 2. The molecule has 0 radical (unpaired) electrons. The van der Waals surface area contributed by atoms with Gasteiger partial charge in [0.1, 0.15) is 11.0 Å². The summed E-state index contributed by atoms with van der Waals surface area (Å²) >= 11 is 11.9. The Labute approximate surface area is 388 Å². The number of nitrogens with one attached hydrogen (secondary N) is 2. The van der Waals surface area contributed by atoms with Crippen molar-refractivity contribution in [1.29, 1.82) is 21.0 Å². The van der Waals surface area contributed by atoms with Gasteiger partial charge in [0, 0.05) is 71.3 Å². The SMILES string of the molecule is C.C.Cc1cc(/C=C/C#N)ccc1N.Cc1cc(/C=C/C#N)ccc1N1CCc2c(C)nc(Nc3ccc(C#N)cc3)nc21.Cc1nc(Nc2ccc(C#N)cc2)nc(Cl)c1CCCl.[2HH]. The number of nitriles is 4. The Morgan fingerprint density at radius 3 is 1.70 bits per heavy atom. The number of fused-ring (bicyclic) bond motifs is 1. The number of anilines is 7. The molecule has 12 nitrogen and oxygen atoms in total. The molecule has 326 valence electrons. The summed E-state index contributed by atoms with van der Waals surface area (Å²) in [7, 11) is 0. The monoisotopic (exact) mass is 891 g/mol. The van der Waals surface area contributed by atoms with Crippen molar-refractivity contribution in [3.8, 4) is 24.3 Å². The molecule has 6 aromatic rings. The fraction of sp³-hybridized carbons (Fsp3) is 0.200. The maximum absolute atomic E-state index is 8.96. The molecule has 2 aromatic heterocycles. The molecular formula is C50H52Cl2N12. The van der Waals surface area contributed by atoms with Crippen molar-refractivity contribution < 1.29 is 1.43 Å². The van der Waals surface area contributed by atoms with Crippen molar-refractivity contribution in [2.45, 2.75) is 55.4 Å². The summed E-state index contributed by atoms with van der Waals surface area (Å²) in [4.78, 5) is 20.2. The molecule has 3 heterocycles. The average Bonchev–Trinajstić information content (AvgIpc) is 3.70. The highest BCUT2D eigenvalue weighted by Crippen LogP contribution is 2.37. The van der Waals surface area contributed by atoms with E-state index in [9.17, 15) is 0 Å². The second kappa shape index (κ2) is 24.6. The van der Waals surface area contributed by atoms with Crippen LogP contribution in [0.25, 0.3) is 12.2 Å². The Hall–Kier alpha value is -7.74. The van der Waals surface area contributed by atoms with E-state index in [-0.39, 0.29) is 16.3 Å². The minimum atomic E-state index is 0. The fourth-order valence-corrected chi connectivity index (χ4v) is 6.88. The van der Waals surface area contributed by atoms with Gasteiger partial charge in [-0.15, -0.1) is 11.6 Å². The number of nitrogens with two attached hydrogens (primary N) is 1. The van der Waals surface area contributed by atoms with Gasteiger partial charge in [0.25, 0.3) is 0 Å². The van der Waals surface area contributed by atoms with Gasteiger partial charge in [-0.1, -0.05) is 38.6 Å². The standard InChI is InChI=1S/C24H20N6.C14H12Cl2N4.C10H10N2.2CH4.H2/c1-16-14-18(4-3-12-25)7-10-22(16)30-13-11-21-17(2)27-24(29-23(21)30)28-20-8-5-19(15-26)6-9-20;1-9-12(6-7-15)13(16)20-14(18-9)19-11-4-2-10(8-17)3-5-11;1-8-7-9(3-2-6-11)4-5-10(8)12;;;/h3-10,14H,11,13H2,1-2H3,(H,27,28,29);2-5H,6-7H2,1H3,(H,18,19,20);2-5,7H,12H2,1H3;2*1H4;1H/b4-3+;;3-2+;;;/i;;;;;1+1. The number of aryl methyl sites for hydroxylation is 4. The van der Waals surface area contributed by atoms with Crippen LogP contribution < -0.4 is 21.3 Å². The molecule has 0 aliphatic carbocycles. The zero-order valence-corrected chi connectivity index (χ0v) is 36.1. The van der Waals surface area contributed by atoms with Crippen molar-refractivity contribution in [1.82, 2.24) is 19.9 Å². The third kappa shape index (κ3) is 13.6. The lowest BCUT2D eigenvalue weighted by atomic mass is 10.1. The molecular weight excluding hydrogens is 840 g/mol. The average molecular weight is 893 g/mol. The van der Waals surface area contributed by atoms with E-state index in [4.69, 9.17) is 55.0 Å². The first kappa shape index (κ1) is 50.6. The first-order valence-corrected chi connectivity index (χ1v) is 20.3. The van der Waals surface area contributed by atoms with Crippen LogP contribution in [0.15, 0.2) is 97.1 Å².